The molecule has 1 atom stereocenters. The number of aryl methyl sites for hydroxylation is 2. The van der Waals surface area contributed by atoms with Crippen molar-refractivity contribution in [2.45, 2.75) is 40.2 Å². The van der Waals surface area contributed by atoms with E-state index in [0.717, 1.165) is 11.1 Å². The topological polar surface area (TPSA) is 55.4 Å². The summed E-state index contributed by atoms with van der Waals surface area (Å²) in [5.74, 6) is -0.586. The van der Waals surface area contributed by atoms with E-state index in [0.29, 0.717) is 0 Å². The van der Waals surface area contributed by atoms with E-state index in [2.05, 4.69) is 5.32 Å². The average Bonchev–Trinajstić information content (AvgIpc) is 2.39. The molecule has 0 bridgehead atoms. The zero-order chi connectivity index (χ0) is 15.3. The van der Waals surface area contributed by atoms with Gasteiger partial charge in [-0.25, -0.2) is 4.79 Å². The van der Waals surface area contributed by atoms with Crippen molar-refractivity contribution in [1.82, 2.24) is 5.32 Å². The van der Waals surface area contributed by atoms with Gasteiger partial charge in [0.2, 0.25) is 5.91 Å². The maximum Gasteiger partial charge on any atom is 0.328 e. The van der Waals surface area contributed by atoms with Gasteiger partial charge in [-0.3, -0.25) is 4.79 Å². The number of carbonyl (C=O) groups excluding carboxylic acids is 2. The fourth-order valence-electron chi connectivity index (χ4n) is 1.95. The van der Waals surface area contributed by atoms with E-state index < -0.39 is 12.0 Å². The number of methoxy groups -OCH3 is 1. The van der Waals surface area contributed by atoms with Gasteiger partial charge in [0.1, 0.15) is 6.04 Å². The molecule has 1 N–H and O–H groups in total. The van der Waals surface area contributed by atoms with Crippen molar-refractivity contribution in [2.75, 3.05) is 7.11 Å². The number of carbonyl (C=O) groups is 2. The highest BCUT2D eigenvalue weighted by Gasteiger charge is 2.24. The number of rotatable bonds is 5. The summed E-state index contributed by atoms with van der Waals surface area (Å²) in [6.45, 7) is 7.79. The van der Waals surface area contributed by atoms with Gasteiger partial charge >= 0.3 is 5.97 Å². The first kappa shape index (κ1) is 16.2. The highest BCUT2D eigenvalue weighted by molar-refractivity contribution is 5.85. The van der Waals surface area contributed by atoms with Crippen LogP contribution in [0.2, 0.25) is 0 Å². The molecule has 1 rings (SSSR count). The van der Waals surface area contributed by atoms with E-state index in [1.54, 1.807) is 0 Å². The van der Waals surface area contributed by atoms with Crippen molar-refractivity contribution >= 4 is 11.9 Å². The van der Waals surface area contributed by atoms with Crippen LogP contribution in [0.1, 0.15) is 30.5 Å². The van der Waals surface area contributed by atoms with Gasteiger partial charge < -0.3 is 10.1 Å². The quantitative estimate of drug-likeness (QED) is 0.839. The summed E-state index contributed by atoms with van der Waals surface area (Å²) in [6.07, 6.45) is 0.265. The summed E-state index contributed by atoms with van der Waals surface area (Å²) in [4.78, 5) is 23.6. The molecule has 0 aliphatic carbocycles. The predicted molar refractivity (Wildman–Crippen MR) is 78.4 cm³/mol. The third-order valence-electron chi connectivity index (χ3n) is 3.37. The normalized spacial score (nSPS) is 12.1. The SMILES string of the molecule is COC(=O)[C@@H](NC(=O)Cc1ccc(C)c(C)c1)C(C)C. The zero-order valence-corrected chi connectivity index (χ0v) is 12.8. The monoisotopic (exact) mass is 277 g/mol. The molecule has 0 unspecified atom stereocenters. The Balaban J connectivity index is 2.70. The number of ether oxygens (including phenoxy) is 1. The largest absolute Gasteiger partial charge is 0.467 e. The van der Waals surface area contributed by atoms with Crippen LogP contribution in [0.4, 0.5) is 0 Å². The number of hydrogen-bond acceptors (Lipinski definition) is 3. The minimum atomic E-state index is -0.598. The molecule has 4 nitrogen and oxygen atoms in total. The van der Waals surface area contributed by atoms with Gasteiger partial charge in [-0.2, -0.15) is 0 Å². The van der Waals surface area contributed by atoms with Crippen molar-refractivity contribution in [3.63, 3.8) is 0 Å². The second-order valence-corrected chi connectivity index (χ2v) is 5.41. The van der Waals surface area contributed by atoms with E-state index in [1.807, 2.05) is 45.9 Å². The Kier molecular flexibility index (Phi) is 5.74. The Bertz CT molecular complexity index is 494. The van der Waals surface area contributed by atoms with E-state index in [1.165, 1.54) is 12.7 Å². The fourth-order valence-corrected chi connectivity index (χ4v) is 1.95. The van der Waals surface area contributed by atoms with Gasteiger partial charge in [-0.15, -0.1) is 0 Å². The Labute approximate surface area is 120 Å². The molecule has 0 fully saturated rings. The highest BCUT2D eigenvalue weighted by Crippen LogP contribution is 2.11. The van der Waals surface area contributed by atoms with E-state index in [4.69, 9.17) is 4.74 Å². The maximum atomic E-state index is 12.0. The number of nitrogens with one attached hydrogen (secondary N) is 1. The summed E-state index contributed by atoms with van der Waals surface area (Å²) in [7, 11) is 1.33. The zero-order valence-electron chi connectivity index (χ0n) is 12.8. The fraction of sp³-hybridized carbons (Fsp3) is 0.500. The molecular weight excluding hydrogens is 254 g/mol. The lowest BCUT2D eigenvalue weighted by atomic mass is 10.0. The lowest BCUT2D eigenvalue weighted by Crippen LogP contribution is -2.45. The van der Waals surface area contributed by atoms with Crippen molar-refractivity contribution in [1.29, 1.82) is 0 Å². The summed E-state index contributed by atoms with van der Waals surface area (Å²) in [5, 5.41) is 2.74. The lowest BCUT2D eigenvalue weighted by molar-refractivity contribution is -0.146. The Hall–Kier alpha value is -1.84. The van der Waals surface area contributed by atoms with Crippen molar-refractivity contribution in [3.05, 3.63) is 34.9 Å². The number of amides is 1. The minimum absolute atomic E-state index is 0.00819. The average molecular weight is 277 g/mol. The maximum absolute atomic E-state index is 12.0. The Morgan fingerprint density at radius 2 is 1.85 bits per heavy atom. The van der Waals surface area contributed by atoms with Gasteiger partial charge in [0, 0.05) is 0 Å². The molecule has 0 spiro atoms. The van der Waals surface area contributed by atoms with E-state index in [9.17, 15) is 9.59 Å². The van der Waals surface area contributed by atoms with E-state index in [-0.39, 0.29) is 18.2 Å². The molecule has 20 heavy (non-hydrogen) atoms. The summed E-state index contributed by atoms with van der Waals surface area (Å²) in [6, 6.07) is 5.33. The Morgan fingerprint density at radius 1 is 1.20 bits per heavy atom. The van der Waals surface area contributed by atoms with Crippen molar-refractivity contribution in [3.8, 4) is 0 Å². The van der Waals surface area contributed by atoms with Crippen molar-refractivity contribution in [2.24, 2.45) is 5.92 Å². The predicted octanol–water partition coefficient (Wildman–Crippen LogP) is 2.16. The minimum Gasteiger partial charge on any atom is -0.467 e. The molecule has 0 aromatic heterocycles. The molecule has 4 heteroatoms. The van der Waals surface area contributed by atoms with Crippen LogP contribution in [0.5, 0.6) is 0 Å². The second kappa shape index (κ2) is 7.08. The molecule has 0 radical (unpaired) electrons. The number of esters is 1. The second-order valence-electron chi connectivity index (χ2n) is 5.41. The third kappa shape index (κ3) is 4.37. The molecule has 0 aliphatic rings. The molecule has 1 amide bonds. The molecule has 1 aromatic rings. The Morgan fingerprint density at radius 3 is 2.35 bits per heavy atom. The smallest absolute Gasteiger partial charge is 0.328 e. The van der Waals surface area contributed by atoms with Gasteiger partial charge in [0.15, 0.2) is 0 Å². The molecule has 0 saturated heterocycles. The van der Waals surface area contributed by atoms with Gasteiger partial charge in [-0.1, -0.05) is 32.0 Å². The molecule has 0 heterocycles. The first-order valence-corrected chi connectivity index (χ1v) is 6.78. The van der Waals surface area contributed by atoms with Gasteiger partial charge in [0.25, 0.3) is 0 Å². The third-order valence-corrected chi connectivity index (χ3v) is 3.37. The number of benzene rings is 1. The first-order chi connectivity index (χ1) is 9.35. The van der Waals surface area contributed by atoms with Crippen LogP contribution in [0, 0.1) is 19.8 Å². The molecule has 0 aliphatic heterocycles. The van der Waals surface area contributed by atoms with Crippen LogP contribution in [-0.2, 0) is 20.7 Å². The van der Waals surface area contributed by atoms with Gasteiger partial charge in [-0.05, 0) is 36.5 Å². The van der Waals surface area contributed by atoms with Crippen LogP contribution in [0.3, 0.4) is 0 Å². The van der Waals surface area contributed by atoms with E-state index >= 15 is 0 Å². The summed E-state index contributed by atoms with van der Waals surface area (Å²) < 4.78 is 4.71. The van der Waals surface area contributed by atoms with Crippen LogP contribution in [0.15, 0.2) is 18.2 Å². The molecule has 1 aromatic carbocycles. The molecule has 0 saturated carbocycles. The van der Waals surface area contributed by atoms with Crippen LogP contribution in [0.25, 0.3) is 0 Å². The van der Waals surface area contributed by atoms with Gasteiger partial charge in [0.05, 0.1) is 13.5 Å². The first-order valence-electron chi connectivity index (χ1n) is 6.78. The number of hydrogen-bond donors (Lipinski definition) is 1. The molecule has 110 valence electrons. The van der Waals surface area contributed by atoms with Crippen LogP contribution >= 0.6 is 0 Å². The molecular formula is C16H23NO3. The summed E-state index contributed by atoms with van der Waals surface area (Å²) in [5.41, 5.74) is 3.30. The standard InChI is InChI=1S/C16H23NO3/c1-10(2)15(16(19)20-5)17-14(18)9-13-7-6-11(3)12(4)8-13/h6-8,10,15H,9H2,1-5H3,(H,17,18)/t15-/m0/s1. The van der Waals surface area contributed by atoms with Crippen molar-refractivity contribution < 1.29 is 14.3 Å². The van der Waals surface area contributed by atoms with Crippen LogP contribution in [-0.4, -0.2) is 25.0 Å². The summed E-state index contributed by atoms with van der Waals surface area (Å²) >= 11 is 0. The highest BCUT2D eigenvalue weighted by atomic mass is 16.5. The lowest BCUT2D eigenvalue weighted by Gasteiger charge is -2.19. The van der Waals surface area contributed by atoms with Crippen LogP contribution < -0.4 is 5.32 Å².